The van der Waals surface area contributed by atoms with E-state index in [2.05, 4.69) is 20.7 Å². The number of hydrogen-bond acceptors (Lipinski definition) is 2. The number of anilines is 1. The number of fused-ring (bicyclic) bond motifs is 1. The molecule has 0 radical (unpaired) electrons. The maximum absolute atomic E-state index is 13.8. The summed E-state index contributed by atoms with van der Waals surface area (Å²) in [5.74, 6) is -2.28. The van der Waals surface area contributed by atoms with E-state index in [1.807, 2.05) is 6.07 Å². The topological polar surface area (TPSA) is 46.2 Å². The van der Waals surface area contributed by atoms with Gasteiger partial charge in [-0.15, -0.1) is 0 Å². The highest BCUT2D eigenvalue weighted by Crippen LogP contribution is 2.32. The monoisotopic (exact) mass is 397 g/mol. The SMILES string of the molecule is O=S(=O)(Nc1ccc(Br)c2ccccc12)c1c(F)cccc1F. The molecule has 0 aromatic heterocycles. The van der Waals surface area contributed by atoms with E-state index in [1.165, 1.54) is 6.07 Å². The summed E-state index contributed by atoms with van der Waals surface area (Å²) in [4.78, 5) is -0.994. The molecule has 0 fully saturated rings. The number of benzene rings is 3. The summed E-state index contributed by atoms with van der Waals surface area (Å²) in [6.45, 7) is 0. The molecule has 23 heavy (non-hydrogen) atoms. The van der Waals surface area contributed by atoms with Crippen molar-refractivity contribution in [1.82, 2.24) is 0 Å². The van der Waals surface area contributed by atoms with Gasteiger partial charge in [0.05, 0.1) is 5.69 Å². The van der Waals surface area contributed by atoms with Gasteiger partial charge in [0.25, 0.3) is 10.0 Å². The van der Waals surface area contributed by atoms with Crippen LogP contribution >= 0.6 is 15.9 Å². The molecular formula is C16H10BrF2NO2S. The highest BCUT2D eigenvalue weighted by Gasteiger charge is 2.24. The van der Waals surface area contributed by atoms with Gasteiger partial charge in [0.15, 0.2) is 4.90 Å². The van der Waals surface area contributed by atoms with Crippen molar-refractivity contribution in [1.29, 1.82) is 0 Å². The normalized spacial score (nSPS) is 11.6. The van der Waals surface area contributed by atoms with Crippen LogP contribution in [0.1, 0.15) is 0 Å². The summed E-state index contributed by atoms with van der Waals surface area (Å²) in [5, 5.41) is 1.39. The Morgan fingerprint density at radius 2 is 1.43 bits per heavy atom. The summed E-state index contributed by atoms with van der Waals surface area (Å²) in [6.07, 6.45) is 0. The predicted octanol–water partition coefficient (Wildman–Crippen LogP) is 4.68. The van der Waals surface area contributed by atoms with Gasteiger partial charge in [-0.3, -0.25) is 4.72 Å². The van der Waals surface area contributed by atoms with E-state index < -0.39 is 26.6 Å². The molecule has 0 unspecified atom stereocenters. The lowest BCUT2D eigenvalue weighted by atomic mass is 10.1. The predicted molar refractivity (Wildman–Crippen MR) is 88.8 cm³/mol. The van der Waals surface area contributed by atoms with Crippen molar-refractivity contribution in [2.24, 2.45) is 0 Å². The first-order valence-corrected chi connectivity index (χ1v) is 8.82. The number of sulfonamides is 1. The van der Waals surface area contributed by atoms with Crippen LogP contribution in [0.3, 0.4) is 0 Å². The van der Waals surface area contributed by atoms with Crippen molar-refractivity contribution in [3.63, 3.8) is 0 Å². The van der Waals surface area contributed by atoms with Gasteiger partial charge in [0.2, 0.25) is 0 Å². The smallest absolute Gasteiger partial charge is 0.267 e. The van der Waals surface area contributed by atoms with E-state index in [1.54, 1.807) is 24.3 Å². The number of halogens is 3. The Labute approximate surface area is 140 Å². The average molecular weight is 398 g/mol. The molecule has 0 heterocycles. The number of rotatable bonds is 3. The molecule has 3 rings (SSSR count). The second kappa shape index (κ2) is 5.90. The standard InChI is InChI=1S/C16H10BrF2NO2S/c17-12-8-9-15(11-5-2-1-4-10(11)12)20-23(21,22)16-13(18)6-3-7-14(16)19/h1-9,20H. The van der Waals surface area contributed by atoms with Crippen LogP contribution in [-0.4, -0.2) is 8.42 Å². The molecule has 0 atom stereocenters. The van der Waals surface area contributed by atoms with E-state index in [9.17, 15) is 17.2 Å². The molecule has 3 aromatic carbocycles. The van der Waals surface area contributed by atoms with Crippen molar-refractivity contribution in [2.75, 3.05) is 4.72 Å². The Bertz CT molecular complexity index is 986. The number of nitrogens with one attached hydrogen (secondary N) is 1. The first kappa shape index (κ1) is 15.9. The van der Waals surface area contributed by atoms with Crippen LogP contribution in [0.15, 0.2) is 64.0 Å². The summed E-state index contributed by atoms with van der Waals surface area (Å²) >= 11 is 3.38. The zero-order chi connectivity index (χ0) is 16.6. The van der Waals surface area contributed by atoms with E-state index in [0.29, 0.717) is 5.39 Å². The molecule has 0 amide bonds. The van der Waals surface area contributed by atoms with E-state index >= 15 is 0 Å². The third-order valence-electron chi connectivity index (χ3n) is 3.30. The second-order valence-corrected chi connectivity index (χ2v) is 7.27. The van der Waals surface area contributed by atoms with Crippen LogP contribution in [0.2, 0.25) is 0 Å². The van der Waals surface area contributed by atoms with E-state index in [-0.39, 0.29) is 5.69 Å². The van der Waals surface area contributed by atoms with Crippen molar-refractivity contribution >= 4 is 42.4 Å². The quantitative estimate of drug-likeness (QED) is 0.697. The molecule has 0 aliphatic rings. The van der Waals surface area contributed by atoms with Crippen LogP contribution < -0.4 is 4.72 Å². The lowest BCUT2D eigenvalue weighted by molar-refractivity contribution is 0.521. The Kier molecular flexibility index (Phi) is 4.08. The second-order valence-electron chi connectivity index (χ2n) is 4.80. The van der Waals surface area contributed by atoms with Crippen LogP contribution in [0.5, 0.6) is 0 Å². The molecule has 3 nitrogen and oxygen atoms in total. The first-order chi connectivity index (χ1) is 10.9. The summed E-state index contributed by atoms with van der Waals surface area (Å²) in [7, 11) is -4.39. The minimum atomic E-state index is -4.39. The Morgan fingerprint density at radius 1 is 0.826 bits per heavy atom. The van der Waals surface area contributed by atoms with Crippen molar-refractivity contribution in [2.45, 2.75) is 4.90 Å². The third kappa shape index (κ3) is 2.94. The van der Waals surface area contributed by atoms with Crippen LogP contribution in [0.25, 0.3) is 10.8 Å². The summed E-state index contributed by atoms with van der Waals surface area (Å²) < 4.78 is 55.3. The minimum Gasteiger partial charge on any atom is -0.279 e. The summed E-state index contributed by atoms with van der Waals surface area (Å²) in [5.41, 5.74) is 0.242. The first-order valence-electron chi connectivity index (χ1n) is 6.54. The Balaban J connectivity index is 2.14. The molecule has 0 aliphatic carbocycles. The molecule has 7 heteroatoms. The highest BCUT2D eigenvalue weighted by molar-refractivity contribution is 9.10. The molecule has 0 aliphatic heterocycles. The van der Waals surface area contributed by atoms with Gasteiger partial charge in [0, 0.05) is 9.86 Å². The fraction of sp³-hybridized carbons (Fsp3) is 0. The van der Waals surface area contributed by atoms with Gasteiger partial charge in [-0.1, -0.05) is 46.3 Å². The molecular weight excluding hydrogens is 388 g/mol. The lowest BCUT2D eigenvalue weighted by Crippen LogP contribution is -2.16. The fourth-order valence-electron chi connectivity index (χ4n) is 2.29. The van der Waals surface area contributed by atoms with Gasteiger partial charge in [-0.2, -0.15) is 0 Å². The van der Waals surface area contributed by atoms with Gasteiger partial charge >= 0.3 is 0 Å². The van der Waals surface area contributed by atoms with Crippen molar-refractivity contribution in [3.8, 4) is 0 Å². The van der Waals surface area contributed by atoms with E-state index in [4.69, 9.17) is 0 Å². The van der Waals surface area contributed by atoms with Gasteiger partial charge in [0.1, 0.15) is 11.6 Å². The lowest BCUT2D eigenvalue weighted by Gasteiger charge is -2.12. The average Bonchev–Trinajstić information content (AvgIpc) is 2.50. The maximum Gasteiger partial charge on any atom is 0.267 e. The molecule has 0 bridgehead atoms. The molecule has 1 N–H and O–H groups in total. The third-order valence-corrected chi connectivity index (χ3v) is 5.41. The molecule has 0 saturated carbocycles. The Hall–Kier alpha value is -1.99. The van der Waals surface area contributed by atoms with Gasteiger partial charge < -0.3 is 0 Å². The van der Waals surface area contributed by atoms with Crippen LogP contribution in [-0.2, 0) is 10.0 Å². The van der Waals surface area contributed by atoms with Gasteiger partial charge in [-0.25, -0.2) is 17.2 Å². The molecule has 0 saturated heterocycles. The Morgan fingerprint density at radius 3 is 2.09 bits per heavy atom. The van der Waals surface area contributed by atoms with Crippen LogP contribution in [0, 0.1) is 11.6 Å². The van der Waals surface area contributed by atoms with Crippen LogP contribution in [0.4, 0.5) is 14.5 Å². The zero-order valence-corrected chi connectivity index (χ0v) is 14.0. The molecule has 3 aromatic rings. The fourth-order valence-corrected chi connectivity index (χ4v) is 3.98. The number of hydrogen-bond donors (Lipinski definition) is 1. The van der Waals surface area contributed by atoms with Gasteiger partial charge in [-0.05, 0) is 29.7 Å². The maximum atomic E-state index is 13.8. The summed E-state index contributed by atoms with van der Waals surface area (Å²) in [6, 6.07) is 13.2. The largest absolute Gasteiger partial charge is 0.279 e. The molecule has 118 valence electrons. The highest BCUT2D eigenvalue weighted by atomic mass is 79.9. The zero-order valence-electron chi connectivity index (χ0n) is 11.6. The minimum absolute atomic E-state index is 0.242. The van der Waals surface area contributed by atoms with E-state index in [0.717, 1.165) is 28.1 Å². The van der Waals surface area contributed by atoms with Crippen molar-refractivity contribution in [3.05, 3.63) is 70.7 Å². The van der Waals surface area contributed by atoms with Crippen molar-refractivity contribution < 1.29 is 17.2 Å². The molecule has 0 spiro atoms.